The number of benzene rings is 2. The highest BCUT2D eigenvalue weighted by Gasteiger charge is 2.31. The Morgan fingerprint density at radius 3 is 2.76 bits per heavy atom. The molecule has 2 atom stereocenters. The number of hydrogen-bond acceptors (Lipinski definition) is 9. The molecule has 4 aromatic rings. The number of imidazole rings is 1. The van der Waals surface area contributed by atoms with Crippen molar-refractivity contribution >= 4 is 43.7 Å². The highest BCUT2D eigenvalue weighted by Crippen LogP contribution is 2.36. The summed E-state index contributed by atoms with van der Waals surface area (Å²) in [5, 5.41) is 17.3. The number of hydrogen-bond donors (Lipinski definition) is 3. The first-order valence-corrected chi connectivity index (χ1v) is 12.6. The Balaban J connectivity index is 1.47. The van der Waals surface area contributed by atoms with Crippen LogP contribution in [-0.2, 0) is 4.74 Å². The van der Waals surface area contributed by atoms with Gasteiger partial charge in [0.2, 0.25) is 5.95 Å². The number of nitrogens with one attached hydrogen (secondary N) is 2. The molecule has 0 spiro atoms. The third-order valence-corrected chi connectivity index (χ3v) is 7.15. The molecule has 2 aromatic heterocycles. The van der Waals surface area contributed by atoms with Gasteiger partial charge in [-0.1, -0.05) is 17.4 Å². The fourth-order valence-corrected chi connectivity index (χ4v) is 5.42. The van der Waals surface area contributed by atoms with E-state index in [0.29, 0.717) is 45.5 Å². The second-order valence-corrected chi connectivity index (χ2v) is 9.96. The van der Waals surface area contributed by atoms with E-state index in [4.69, 9.17) is 9.72 Å². The van der Waals surface area contributed by atoms with Crippen LogP contribution in [0.3, 0.4) is 0 Å². The summed E-state index contributed by atoms with van der Waals surface area (Å²) in [7, 11) is 3.67. The summed E-state index contributed by atoms with van der Waals surface area (Å²) in [6, 6.07) is 9.90. The molecule has 1 saturated heterocycles. The van der Waals surface area contributed by atoms with Crippen LogP contribution < -0.4 is 15.4 Å². The van der Waals surface area contributed by atoms with Crippen molar-refractivity contribution in [1.29, 1.82) is 0 Å². The zero-order valence-corrected chi connectivity index (χ0v) is 21.1. The van der Waals surface area contributed by atoms with Gasteiger partial charge in [0.1, 0.15) is 12.0 Å². The number of methoxy groups -OCH3 is 1. The largest absolute Gasteiger partial charge is 0.573 e. The van der Waals surface area contributed by atoms with Crippen LogP contribution in [0.5, 0.6) is 5.75 Å². The highest BCUT2D eigenvalue weighted by atomic mass is 32.1. The van der Waals surface area contributed by atoms with Crippen molar-refractivity contribution in [3.63, 3.8) is 0 Å². The third-order valence-electron chi connectivity index (χ3n) is 6.22. The Morgan fingerprint density at radius 2 is 2.03 bits per heavy atom. The number of alkyl halides is 3. The number of nitrogens with zero attached hydrogens (tertiary/aromatic N) is 4. The summed E-state index contributed by atoms with van der Waals surface area (Å²) < 4.78 is 49.6. The van der Waals surface area contributed by atoms with Crippen molar-refractivity contribution in [2.24, 2.45) is 0 Å². The smallest absolute Gasteiger partial charge is 0.406 e. The molecule has 3 N–H and O–H groups in total. The number of aliphatic hydroxyl groups excluding tert-OH is 1. The van der Waals surface area contributed by atoms with Crippen molar-refractivity contribution < 1.29 is 27.8 Å². The maximum Gasteiger partial charge on any atom is 0.573 e. The quantitative estimate of drug-likeness (QED) is 0.214. The second-order valence-electron chi connectivity index (χ2n) is 8.93. The van der Waals surface area contributed by atoms with Crippen molar-refractivity contribution in [3.8, 4) is 5.75 Å². The summed E-state index contributed by atoms with van der Waals surface area (Å²) in [6.45, 7) is 2.77. The van der Waals surface area contributed by atoms with Gasteiger partial charge in [-0.2, -0.15) is 0 Å². The number of fused-ring (bicyclic) bond motifs is 2. The molecule has 198 valence electrons. The monoisotopic (exact) mass is 536 g/mol. The normalized spacial score (nSPS) is 17.6. The number of likely N-dealkylation sites (N-methyl/N-ethyl adjacent to an activating group) is 1. The zero-order chi connectivity index (χ0) is 26.2. The predicted octanol–water partition coefficient (Wildman–Crippen LogP) is 4.39. The first-order valence-electron chi connectivity index (χ1n) is 11.7. The second kappa shape index (κ2) is 10.4. The minimum atomic E-state index is -4.76. The van der Waals surface area contributed by atoms with Gasteiger partial charge in [-0.15, -0.1) is 13.2 Å². The maximum absolute atomic E-state index is 12.6. The molecule has 1 aliphatic heterocycles. The highest BCUT2D eigenvalue weighted by molar-refractivity contribution is 7.22. The van der Waals surface area contributed by atoms with Gasteiger partial charge in [-0.05, 0) is 49.8 Å². The molecule has 2 unspecified atom stereocenters. The van der Waals surface area contributed by atoms with E-state index in [1.54, 1.807) is 7.11 Å². The van der Waals surface area contributed by atoms with E-state index in [1.807, 2.05) is 18.2 Å². The summed E-state index contributed by atoms with van der Waals surface area (Å²) in [4.78, 5) is 11.6. The van der Waals surface area contributed by atoms with Crippen LogP contribution in [0.15, 0.2) is 36.4 Å². The molecule has 2 aromatic carbocycles. The van der Waals surface area contributed by atoms with E-state index in [-0.39, 0.29) is 11.8 Å². The van der Waals surface area contributed by atoms with Gasteiger partial charge in [-0.25, -0.2) is 9.97 Å². The van der Waals surface area contributed by atoms with Crippen LogP contribution in [0.2, 0.25) is 0 Å². The van der Waals surface area contributed by atoms with E-state index in [9.17, 15) is 18.3 Å². The lowest BCUT2D eigenvalue weighted by Crippen LogP contribution is -2.24. The van der Waals surface area contributed by atoms with Crippen molar-refractivity contribution in [2.75, 3.05) is 45.7 Å². The first-order chi connectivity index (χ1) is 17.7. The van der Waals surface area contributed by atoms with Crippen LogP contribution in [0.1, 0.15) is 24.3 Å². The zero-order valence-electron chi connectivity index (χ0n) is 20.2. The molecule has 0 amide bonds. The number of ether oxygens (including phenoxy) is 2. The lowest BCUT2D eigenvalue weighted by molar-refractivity contribution is -0.274. The standard InChI is InChI=1S/C24H27F3N6O3S/c1-32-9-7-15(13-32)33-19-6-3-14(21(34)28-8-10-35-2)11-18(19)29-22(33)31-23-30-17-5-4-16(12-20(17)37-23)36-24(25,26)27/h3-6,11-12,15,21,28,34H,7-10,13H2,1-2H3,(H,29,30,31). The van der Waals surface area contributed by atoms with Gasteiger partial charge >= 0.3 is 6.36 Å². The molecule has 0 radical (unpaired) electrons. The number of aromatic nitrogens is 3. The Morgan fingerprint density at radius 1 is 1.19 bits per heavy atom. The number of anilines is 2. The topological polar surface area (TPSA) is 96.7 Å². The van der Waals surface area contributed by atoms with Crippen molar-refractivity contribution in [1.82, 2.24) is 24.8 Å². The molecule has 0 aliphatic carbocycles. The molecular weight excluding hydrogens is 509 g/mol. The van der Waals surface area contributed by atoms with E-state index in [1.165, 1.54) is 29.5 Å². The molecule has 1 fully saturated rings. The van der Waals surface area contributed by atoms with E-state index in [2.05, 4.69) is 36.9 Å². The third kappa shape index (κ3) is 5.80. The Bertz CT molecular complexity index is 1390. The maximum atomic E-state index is 12.6. The van der Waals surface area contributed by atoms with Gasteiger partial charge in [-0.3, -0.25) is 5.32 Å². The number of halogens is 3. The Hall–Kier alpha value is -2.97. The molecular formula is C24H27F3N6O3S. The van der Waals surface area contributed by atoms with Gasteiger partial charge in [0.15, 0.2) is 5.13 Å². The number of thiazole rings is 1. The minimum Gasteiger partial charge on any atom is -0.406 e. The molecule has 0 bridgehead atoms. The molecule has 3 heterocycles. The number of rotatable bonds is 9. The van der Waals surface area contributed by atoms with Crippen molar-refractivity contribution in [2.45, 2.75) is 25.1 Å². The summed E-state index contributed by atoms with van der Waals surface area (Å²) >= 11 is 1.22. The van der Waals surface area contributed by atoms with E-state index in [0.717, 1.165) is 25.0 Å². The molecule has 0 saturated carbocycles. The van der Waals surface area contributed by atoms with Gasteiger partial charge in [0.05, 0.1) is 33.9 Å². The van der Waals surface area contributed by atoms with Crippen LogP contribution in [0.4, 0.5) is 24.3 Å². The Labute approximate surface area is 214 Å². The van der Waals surface area contributed by atoms with E-state index < -0.39 is 12.6 Å². The van der Waals surface area contributed by atoms with Crippen molar-refractivity contribution in [3.05, 3.63) is 42.0 Å². The fourth-order valence-electron chi connectivity index (χ4n) is 4.53. The molecule has 37 heavy (non-hydrogen) atoms. The summed E-state index contributed by atoms with van der Waals surface area (Å²) in [5.74, 6) is 0.293. The van der Waals surface area contributed by atoms with Gasteiger partial charge in [0.25, 0.3) is 0 Å². The predicted molar refractivity (Wildman–Crippen MR) is 135 cm³/mol. The summed E-state index contributed by atoms with van der Waals surface area (Å²) in [5.41, 5.74) is 2.86. The summed E-state index contributed by atoms with van der Waals surface area (Å²) in [6.07, 6.45) is -4.68. The van der Waals surface area contributed by atoms with Crippen LogP contribution in [-0.4, -0.2) is 71.3 Å². The van der Waals surface area contributed by atoms with Gasteiger partial charge in [0, 0.05) is 26.3 Å². The molecule has 5 rings (SSSR count). The minimum absolute atomic E-state index is 0.175. The molecule has 13 heteroatoms. The lowest BCUT2D eigenvalue weighted by atomic mass is 10.1. The lowest BCUT2D eigenvalue weighted by Gasteiger charge is -2.17. The first kappa shape index (κ1) is 25.7. The number of likely N-dealkylation sites (tertiary alicyclic amines) is 1. The Kier molecular flexibility index (Phi) is 7.23. The SMILES string of the molecule is COCCNC(O)c1ccc2c(c1)nc(Nc1nc3ccc(OC(F)(F)F)cc3s1)n2C1CCN(C)C1. The molecule has 1 aliphatic rings. The van der Waals surface area contributed by atoms with E-state index >= 15 is 0 Å². The van der Waals surface area contributed by atoms with Crippen LogP contribution in [0.25, 0.3) is 21.3 Å². The number of aliphatic hydroxyl groups is 1. The average Bonchev–Trinajstić information content (AvgIpc) is 3.53. The molecule has 9 nitrogen and oxygen atoms in total. The fraction of sp³-hybridized carbons (Fsp3) is 0.417. The average molecular weight is 537 g/mol. The van der Waals surface area contributed by atoms with Crippen LogP contribution >= 0.6 is 11.3 Å². The van der Waals surface area contributed by atoms with Crippen LogP contribution in [0, 0.1) is 0 Å². The van der Waals surface area contributed by atoms with Gasteiger partial charge < -0.3 is 29.4 Å².